The van der Waals surface area contributed by atoms with Crippen molar-refractivity contribution < 1.29 is 13.2 Å². The number of rotatable bonds is 6. The molecule has 1 saturated carbocycles. The lowest BCUT2D eigenvalue weighted by molar-refractivity contribution is -0.126. The Hall–Kier alpha value is -4.61. The minimum atomic E-state index is -3.49. The first kappa shape index (κ1) is 27.2. The molecule has 220 valence electrons. The molecule has 1 aliphatic carbocycles. The Morgan fingerprint density at radius 1 is 1.02 bits per heavy atom. The Morgan fingerprint density at radius 2 is 1.86 bits per heavy atom. The molecular weight excluding hydrogens is 568 g/mol. The van der Waals surface area contributed by atoms with Crippen molar-refractivity contribution in [1.82, 2.24) is 39.2 Å². The number of aryl methyl sites for hydroxylation is 1. The third-order valence-corrected chi connectivity index (χ3v) is 10.3. The average Bonchev–Trinajstić information content (AvgIpc) is 3.49. The maximum absolute atomic E-state index is 13.8. The highest BCUT2D eigenvalue weighted by atomic mass is 32.2. The predicted octanol–water partition coefficient (Wildman–Crippen LogP) is 2.06. The fraction of sp³-hybridized carbons (Fsp3) is 0.379. The monoisotopic (exact) mass is 598 g/mol. The molecule has 0 unspecified atom stereocenters. The van der Waals surface area contributed by atoms with Gasteiger partial charge in [0.2, 0.25) is 5.91 Å². The van der Waals surface area contributed by atoms with Crippen LogP contribution in [0.3, 0.4) is 0 Å². The average molecular weight is 599 g/mol. The van der Waals surface area contributed by atoms with Crippen LogP contribution in [0.2, 0.25) is 0 Å². The number of hydrogen-bond donors (Lipinski definition) is 2. The molecule has 14 heteroatoms. The van der Waals surface area contributed by atoms with E-state index in [9.17, 15) is 13.2 Å². The predicted molar refractivity (Wildman–Crippen MR) is 159 cm³/mol. The van der Waals surface area contributed by atoms with Crippen LogP contribution >= 0.6 is 0 Å². The van der Waals surface area contributed by atoms with E-state index in [-0.39, 0.29) is 16.6 Å². The number of amides is 1. The first-order valence-electron chi connectivity index (χ1n) is 14.2. The van der Waals surface area contributed by atoms with Crippen LogP contribution in [0.25, 0.3) is 11.4 Å². The zero-order valence-corrected chi connectivity index (χ0v) is 24.4. The Morgan fingerprint density at radius 3 is 2.63 bits per heavy atom. The molecule has 1 spiro atoms. The van der Waals surface area contributed by atoms with Gasteiger partial charge >= 0.3 is 0 Å². The third kappa shape index (κ3) is 5.26. The summed E-state index contributed by atoms with van der Waals surface area (Å²) in [6, 6.07) is 3.52. The summed E-state index contributed by atoms with van der Waals surface area (Å²) in [6.07, 6.45) is 13.4. The summed E-state index contributed by atoms with van der Waals surface area (Å²) in [5.74, 6) is 7.72. The summed E-state index contributed by atoms with van der Waals surface area (Å²) in [5, 5.41) is 14.4. The van der Waals surface area contributed by atoms with Gasteiger partial charge in [0.1, 0.15) is 11.6 Å². The van der Waals surface area contributed by atoms with Crippen molar-refractivity contribution in [1.29, 1.82) is 0 Å². The SMILES string of the molecule is Cn1cc(C#Cc2cnc(Nc3ccnc(-c4cnn(S(=O)(=O)C5CC5)c4)n3)cc2N2CCC3(CCNCC3)C2=O)cn1. The Bertz CT molecular complexity index is 1880. The largest absolute Gasteiger partial charge is 0.325 e. The van der Waals surface area contributed by atoms with E-state index < -0.39 is 10.0 Å². The van der Waals surface area contributed by atoms with E-state index >= 15 is 0 Å². The molecular formula is C29H30N10O3S. The Balaban J connectivity index is 1.19. The molecule has 3 fully saturated rings. The number of carbonyl (C=O) groups excluding carboxylic acids is 1. The second kappa shape index (κ2) is 10.6. The van der Waals surface area contributed by atoms with E-state index in [1.165, 1.54) is 12.4 Å². The molecule has 3 aliphatic rings. The van der Waals surface area contributed by atoms with Gasteiger partial charge in [0.05, 0.1) is 51.6 Å². The lowest BCUT2D eigenvalue weighted by atomic mass is 9.77. The molecule has 2 saturated heterocycles. The van der Waals surface area contributed by atoms with Gasteiger partial charge in [0, 0.05) is 38.2 Å². The fourth-order valence-corrected chi connectivity index (χ4v) is 7.13. The lowest BCUT2D eigenvalue weighted by Gasteiger charge is -2.32. The number of carbonyl (C=O) groups is 1. The number of aromatic nitrogens is 7. The second-order valence-corrected chi connectivity index (χ2v) is 13.3. The molecule has 0 aromatic carbocycles. The van der Waals surface area contributed by atoms with Crippen LogP contribution in [0.5, 0.6) is 0 Å². The molecule has 7 rings (SSSR count). The number of nitrogens with one attached hydrogen (secondary N) is 2. The molecule has 4 aromatic rings. The molecule has 2 aliphatic heterocycles. The van der Waals surface area contributed by atoms with Crippen molar-refractivity contribution in [3.8, 4) is 23.2 Å². The van der Waals surface area contributed by atoms with Crippen molar-refractivity contribution in [2.45, 2.75) is 37.4 Å². The summed E-state index contributed by atoms with van der Waals surface area (Å²) < 4.78 is 27.8. The highest BCUT2D eigenvalue weighted by Crippen LogP contribution is 2.42. The van der Waals surface area contributed by atoms with E-state index in [4.69, 9.17) is 0 Å². The summed E-state index contributed by atoms with van der Waals surface area (Å²) >= 11 is 0. The summed E-state index contributed by atoms with van der Waals surface area (Å²) in [4.78, 5) is 29.1. The Kier molecular flexibility index (Phi) is 6.71. The maximum atomic E-state index is 13.8. The highest BCUT2D eigenvalue weighted by molar-refractivity contribution is 7.90. The first-order chi connectivity index (χ1) is 20.8. The quantitative estimate of drug-likeness (QED) is 0.316. The third-order valence-electron chi connectivity index (χ3n) is 8.23. The lowest BCUT2D eigenvalue weighted by Crippen LogP contribution is -2.42. The van der Waals surface area contributed by atoms with Crippen molar-refractivity contribution in [2.24, 2.45) is 12.5 Å². The van der Waals surface area contributed by atoms with Crippen molar-refractivity contribution in [2.75, 3.05) is 29.9 Å². The van der Waals surface area contributed by atoms with Crippen LogP contribution in [0.15, 0.2) is 49.3 Å². The van der Waals surface area contributed by atoms with Crippen LogP contribution in [0.1, 0.15) is 43.2 Å². The smallest absolute Gasteiger partial charge is 0.256 e. The van der Waals surface area contributed by atoms with Crippen LogP contribution in [0, 0.1) is 17.3 Å². The minimum Gasteiger partial charge on any atom is -0.325 e. The van der Waals surface area contributed by atoms with E-state index in [1.54, 1.807) is 29.3 Å². The zero-order valence-electron chi connectivity index (χ0n) is 23.6. The normalized spacial score (nSPS) is 18.1. The standard InChI is InChI=1S/C29H30N10O3S/c1-37-18-20(15-33-37)2-3-21-16-32-26(14-24(21)38-13-9-29(28(38)40)7-11-30-12-8-29)35-25-6-10-31-27(36-25)22-17-34-39(19-22)43(41,42)23-4-5-23/h6,10,14-19,23,30H,4-5,7-9,11-13H2,1H3,(H,31,32,35,36). The van der Waals surface area contributed by atoms with Crippen LogP contribution < -0.4 is 15.5 Å². The molecule has 4 aromatic heterocycles. The van der Waals surface area contributed by atoms with Crippen LogP contribution in [-0.2, 0) is 21.9 Å². The summed E-state index contributed by atoms with van der Waals surface area (Å²) in [6.45, 7) is 2.27. The molecule has 0 bridgehead atoms. The number of hydrogen-bond acceptors (Lipinski definition) is 10. The zero-order chi connectivity index (χ0) is 29.6. The van der Waals surface area contributed by atoms with Gasteiger partial charge < -0.3 is 15.5 Å². The van der Waals surface area contributed by atoms with E-state index in [0.717, 1.165) is 42.0 Å². The number of nitrogens with zero attached hydrogens (tertiary/aromatic N) is 8. The van der Waals surface area contributed by atoms with Gasteiger partial charge in [0.15, 0.2) is 5.82 Å². The van der Waals surface area contributed by atoms with E-state index in [2.05, 4.69) is 47.6 Å². The van der Waals surface area contributed by atoms with Crippen LogP contribution in [-0.4, -0.2) is 73.1 Å². The number of piperidine rings is 1. The molecule has 13 nitrogen and oxygen atoms in total. The first-order valence-corrected chi connectivity index (χ1v) is 15.7. The van der Waals surface area contributed by atoms with Gasteiger partial charge in [0.25, 0.3) is 10.0 Å². The molecule has 1 amide bonds. The van der Waals surface area contributed by atoms with Gasteiger partial charge in [-0.3, -0.25) is 9.48 Å². The van der Waals surface area contributed by atoms with Gasteiger partial charge in [-0.25, -0.2) is 23.4 Å². The molecule has 6 heterocycles. The van der Waals surface area contributed by atoms with Gasteiger partial charge in [-0.05, 0) is 51.3 Å². The van der Waals surface area contributed by atoms with Crippen molar-refractivity contribution >= 4 is 33.3 Å². The molecule has 43 heavy (non-hydrogen) atoms. The van der Waals surface area contributed by atoms with Gasteiger partial charge in [-0.2, -0.15) is 14.3 Å². The summed E-state index contributed by atoms with van der Waals surface area (Å²) in [7, 11) is -1.66. The number of anilines is 3. The topological polar surface area (TPSA) is 153 Å². The van der Waals surface area contributed by atoms with Gasteiger partial charge in [-0.15, -0.1) is 0 Å². The van der Waals surface area contributed by atoms with E-state index in [1.807, 2.05) is 24.2 Å². The minimum absolute atomic E-state index is 0.123. The van der Waals surface area contributed by atoms with Crippen molar-refractivity contribution in [3.05, 3.63) is 60.4 Å². The molecule has 0 radical (unpaired) electrons. The molecule has 2 N–H and O–H groups in total. The number of pyridine rings is 1. The second-order valence-electron chi connectivity index (χ2n) is 11.2. The fourth-order valence-electron chi connectivity index (χ4n) is 5.65. The summed E-state index contributed by atoms with van der Waals surface area (Å²) in [5.41, 5.74) is 2.23. The van der Waals surface area contributed by atoms with Gasteiger partial charge in [-0.1, -0.05) is 11.8 Å². The van der Waals surface area contributed by atoms with E-state index in [0.29, 0.717) is 53.7 Å². The molecule has 0 atom stereocenters. The maximum Gasteiger partial charge on any atom is 0.256 e. The van der Waals surface area contributed by atoms with Crippen LogP contribution in [0.4, 0.5) is 17.3 Å². The highest BCUT2D eigenvalue weighted by Gasteiger charge is 2.47. The van der Waals surface area contributed by atoms with Crippen molar-refractivity contribution in [3.63, 3.8) is 0 Å². The Labute approximate surface area is 248 Å².